The zero-order valence-electron chi connectivity index (χ0n) is 11.6. The minimum absolute atomic E-state index is 0.196. The van der Waals surface area contributed by atoms with E-state index in [1.54, 1.807) is 11.3 Å². The highest BCUT2D eigenvalue weighted by atomic mass is 32.1. The lowest BCUT2D eigenvalue weighted by Gasteiger charge is -2.09. The minimum atomic E-state index is 0.196. The van der Waals surface area contributed by atoms with Gasteiger partial charge in [-0.05, 0) is 38.1 Å². The van der Waals surface area contributed by atoms with Crippen molar-refractivity contribution in [2.75, 3.05) is 6.54 Å². The summed E-state index contributed by atoms with van der Waals surface area (Å²) in [5.74, 6) is 1.21. The van der Waals surface area contributed by atoms with Crippen molar-refractivity contribution in [3.63, 3.8) is 0 Å². The van der Waals surface area contributed by atoms with E-state index in [0.29, 0.717) is 12.5 Å². The molecule has 1 aromatic heterocycles. The van der Waals surface area contributed by atoms with Gasteiger partial charge in [0, 0.05) is 23.4 Å². The first-order chi connectivity index (χ1) is 9.10. The quantitative estimate of drug-likeness (QED) is 0.906. The molecule has 0 saturated carbocycles. The van der Waals surface area contributed by atoms with Gasteiger partial charge >= 0.3 is 0 Å². The molecular weight excluding hydrogens is 256 g/mol. The van der Waals surface area contributed by atoms with Gasteiger partial charge in [-0.2, -0.15) is 0 Å². The van der Waals surface area contributed by atoms with Gasteiger partial charge in [-0.15, -0.1) is 11.3 Å². The van der Waals surface area contributed by atoms with Crippen LogP contribution in [0.1, 0.15) is 31.7 Å². The fraction of sp³-hybridized carbons (Fsp3) is 0.400. The van der Waals surface area contributed by atoms with Crippen molar-refractivity contribution < 1.29 is 4.74 Å². The fourth-order valence-electron chi connectivity index (χ4n) is 1.72. The lowest BCUT2D eigenvalue weighted by Crippen LogP contribution is -2.08. The smallest absolute Gasteiger partial charge is 0.119 e. The highest BCUT2D eigenvalue weighted by Gasteiger charge is 2.10. The summed E-state index contributed by atoms with van der Waals surface area (Å²) in [5.41, 5.74) is 7.79. The first kappa shape index (κ1) is 14.0. The molecule has 1 atom stereocenters. The molecule has 0 radical (unpaired) electrons. The topological polar surface area (TPSA) is 48.1 Å². The molecule has 1 unspecified atom stereocenters. The van der Waals surface area contributed by atoms with Crippen LogP contribution in [0.4, 0.5) is 0 Å². The van der Waals surface area contributed by atoms with E-state index in [1.807, 2.05) is 38.1 Å². The van der Waals surface area contributed by atoms with Crippen LogP contribution in [-0.4, -0.2) is 17.6 Å². The maximum Gasteiger partial charge on any atom is 0.119 e. The second-order valence-electron chi connectivity index (χ2n) is 4.90. The molecule has 4 heteroatoms. The predicted molar refractivity (Wildman–Crippen MR) is 80.8 cm³/mol. The third kappa shape index (κ3) is 3.55. The lowest BCUT2D eigenvalue weighted by molar-refractivity contribution is 0.242. The molecule has 3 nitrogen and oxygen atoms in total. The first-order valence-corrected chi connectivity index (χ1v) is 7.40. The summed E-state index contributed by atoms with van der Waals surface area (Å²) in [6.45, 7) is 6.78. The summed E-state index contributed by atoms with van der Waals surface area (Å²) in [7, 11) is 0. The number of hydrogen-bond donors (Lipinski definition) is 1. The van der Waals surface area contributed by atoms with Crippen LogP contribution in [0.25, 0.3) is 11.3 Å². The standard InChI is InChI=1S/C15H20N2OS/c1-10(2)18-13-6-4-12(5-7-13)14-9-19-15(17-14)11(3)8-16/h4-7,9-11H,8,16H2,1-3H3. The van der Waals surface area contributed by atoms with Gasteiger partial charge in [0.25, 0.3) is 0 Å². The average Bonchev–Trinajstić information content (AvgIpc) is 2.87. The van der Waals surface area contributed by atoms with Crippen LogP contribution in [0, 0.1) is 0 Å². The van der Waals surface area contributed by atoms with E-state index < -0.39 is 0 Å². The van der Waals surface area contributed by atoms with Crippen LogP contribution in [0.15, 0.2) is 29.6 Å². The van der Waals surface area contributed by atoms with Crippen molar-refractivity contribution in [2.24, 2.45) is 5.73 Å². The zero-order valence-corrected chi connectivity index (χ0v) is 12.4. The number of nitrogens with zero attached hydrogens (tertiary/aromatic N) is 1. The SMILES string of the molecule is CC(C)Oc1ccc(-c2csc(C(C)CN)n2)cc1. The maximum absolute atomic E-state index is 5.67. The Bertz CT molecular complexity index is 519. The third-order valence-corrected chi connectivity index (χ3v) is 3.90. The van der Waals surface area contributed by atoms with Gasteiger partial charge in [-0.3, -0.25) is 0 Å². The number of benzene rings is 1. The Morgan fingerprint density at radius 1 is 1.21 bits per heavy atom. The first-order valence-electron chi connectivity index (χ1n) is 6.52. The van der Waals surface area contributed by atoms with E-state index in [9.17, 15) is 0 Å². The summed E-state index contributed by atoms with van der Waals surface area (Å²) < 4.78 is 5.63. The van der Waals surface area contributed by atoms with E-state index >= 15 is 0 Å². The molecule has 1 heterocycles. The summed E-state index contributed by atoms with van der Waals surface area (Å²) in [6.07, 6.45) is 0.196. The molecule has 0 aliphatic heterocycles. The van der Waals surface area contributed by atoms with Crippen molar-refractivity contribution in [3.8, 4) is 17.0 Å². The van der Waals surface area contributed by atoms with Gasteiger partial charge < -0.3 is 10.5 Å². The Hall–Kier alpha value is -1.39. The van der Waals surface area contributed by atoms with Crippen molar-refractivity contribution in [2.45, 2.75) is 32.8 Å². The molecular formula is C15H20N2OS. The van der Waals surface area contributed by atoms with E-state index in [0.717, 1.165) is 22.0 Å². The largest absolute Gasteiger partial charge is 0.491 e. The summed E-state index contributed by atoms with van der Waals surface area (Å²) in [6, 6.07) is 8.06. The summed E-state index contributed by atoms with van der Waals surface area (Å²) in [4.78, 5) is 4.64. The number of hydrogen-bond acceptors (Lipinski definition) is 4. The van der Waals surface area contributed by atoms with Gasteiger partial charge in [0.2, 0.25) is 0 Å². The second kappa shape index (κ2) is 6.17. The molecule has 0 spiro atoms. The van der Waals surface area contributed by atoms with E-state index in [1.165, 1.54) is 0 Å². The van der Waals surface area contributed by atoms with Crippen LogP contribution >= 0.6 is 11.3 Å². The van der Waals surface area contributed by atoms with Gasteiger partial charge in [-0.1, -0.05) is 6.92 Å². The average molecular weight is 276 g/mol. The molecule has 0 saturated heterocycles. The molecule has 102 valence electrons. The number of aromatic nitrogens is 1. The molecule has 0 amide bonds. The Morgan fingerprint density at radius 3 is 2.47 bits per heavy atom. The van der Waals surface area contributed by atoms with Crippen molar-refractivity contribution in [1.82, 2.24) is 4.98 Å². The van der Waals surface area contributed by atoms with Gasteiger partial charge in [0.05, 0.1) is 16.8 Å². The van der Waals surface area contributed by atoms with E-state index in [-0.39, 0.29) is 6.10 Å². The van der Waals surface area contributed by atoms with Crippen LogP contribution in [0.5, 0.6) is 5.75 Å². The molecule has 0 aliphatic rings. The Balaban J connectivity index is 2.15. The monoisotopic (exact) mass is 276 g/mol. The summed E-state index contributed by atoms with van der Waals surface area (Å²) in [5, 5.41) is 3.18. The van der Waals surface area contributed by atoms with E-state index in [4.69, 9.17) is 10.5 Å². The van der Waals surface area contributed by atoms with Crippen LogP contribution < -0.4 is 10.5 Å². The van der Waals surface area contributed by atoms with Gasteiger partial charge in [-0.25, -0.2) is 4.98 Å². The predicted octanol–water partition coefficient (Wildman–Crippen LogP) is 3.66. The number of nitrogens with two attached hydrogens (primary N) is 1. The molecule has 2 N–H and O–H groups in total. The van der Waals surface area contributed by atoms with Crippen LogP contribution in [0.2, 0.25) is 0 Å². The minimum Gasteiger partial charge on any atom is -0.491 e. The highest BCUT2D eigenvalue weighted by Crippen LogP contribution is 2.27. The lowest BCUT2D eigenvalue weighted by atomic mass is 10.1. The number of rotatable bonds is 5. The molecule has 0 fully saturated rings. The maximum atomic E-state index is 5.67. The number of ether oxygens (including phenoxy) is 1. The molecule has 0 aliphatic carbocycles. The van der Waals surface area contributed by atoms with E-state index in [2.05, 4.69) is 17.3 Å². The molecule has 0 bridgehead atoms. The fourth-order valence-corrected chi connectivity index (χ4v) is 2.62. The molecule has 1 aromatic carbocycles. The zero-order chi connectivity index (χ0) is 13.8. The molecule has 2 rings (SSSR count). The van der Waals surface area contributed by atoms with Crippen LogP contribution in [-0.2, 0) is 0 Å². The second-order valence-corrected chi connectivity index (χ2v) is 5.79. The highest BCUT2D eigenvalue weighted by molar-refractivity contribution is 7.10. The van der Waals surface area contributed by atoms with Gasteiger partial charge in [0.15, 0.2) is 0 Å². The Labute approximate surface area is 118 Å². The van der Waals surface area contributed by atoms with Crippen LogP contribution in [0.3, 0.4) is 0 Å². The summed E-state index contributed by atoms with van der Waals surface area (Å²) >= 11 is 1.67. The van der Waals surface area contributed by atoms with Crippen molar-refractivity contribution >= 4 is 11.3 Å². The Morgan fingerprint density at radius 2 is 1.89 bits per heavy atom. The molecule has 2 aromatic rings. The van der Waals surface area contributed by atoms with Crippen molar-refractivity contribution in [1.29, 1.82) is 0 Å². The third-order valence-electron chi connectivity index (χ3n) is 2.82. The number of thiazole rings is 1. The molecule has 19 heavy (non-hydrogen) atoms. The van der Waals surface area contributed by atoms with Gasteiger partial charge in [0.1, 0.15) is 5.75 Å². The van der Waals surface area contributed by atoms with Crippen molar-refractivity contribution in [3.05, 3.63) is 34.7 Å². The Kier molecular flexibility index (Phi) is 4.56. The normalized spacial score (nSPS) is 12.7.